The van der Waals surface area contributed by atoms with Crippen molar-refractivity contribution in [3.05, 3.63) is 63.9 Å². The topological polar surface area (TPSA) is 38.5 Å². The zero-order valence-corrected chi connectivity index (χ0v) is 15.6. The first-order valence-corrected chi connectivity index (χ1v) is 9.60. The number of likely N-dealkylation sites (tertiary alicyclic amines) is 1. The van der Waals surface area contributed by atoms with Crippen LogP contribution in [0.15, 0.2) is 46.9 Å². The fourth-order valence-corrected chi connectivity index (χ4v) is 4.28. The molecular formula is C20H22BrFN2O. The van der Waals surface area contributed by atoms with Gasteiger partial charge in [-0.2, -0.15) is 0 Å². The molecule has 25 heavy (non-hydrogen) atoms. The van der Waals surface area contributed by atoms with E-state index < -0.39 is 0 Å². The number of nitrogens with zero attached hydrogens (tertiary/aromatic N) is 1. The van der Waals surface area contributed by atoms with Crippen LogP contribution in [0.1, 0.15) is 30.1 Å². The Hall–Kier alpha value is -1.43. The minimum atomic E-state index is -0.305. The Bertz CT molecular complexity index is 769. The highest BCUT2D eigenvalue weighted by Gasteiger charge is 2.39. The molecule has 2 aromatic rings. The summed E-state index contributed by atoms with van der Waals surface area (Å²) >= 11 is 3.20. The van der Waals surface area contributed by atoms with Crippen LogP contribution in [0.2, 0.25) is 0 Å². The summed E-state index contributed by atoms with van der Waals surface area (Å²) in [5, 5.41) is 0. The number of hydrogen-bond acceptors (Lipinski definition) is 3. The summed E-state index contributed by atoms with van der Waals surface area (Å²) in [6.45, 7) is 1.94. The Morgan fingerprint density at radius 1 is 1.20 bits per heavy atom. The molecule has 2 N–H and O–H groups in total. The SMILES string of the molecule is N[C@@H]1CCCN([C@@H]2Cc3ccccc3[C@H]2Oc2ccc(Br)c(F)c2)C1. The van der Waals surface area contributed by atoms with Crippen LogP contribution < -0.4 is 10.5 Å². The third-order valence-corrected chi connectivity index (χ3v) is 5.90. The summed E-state index contributed by atoms with van der Waals surface area (Å²) in [5.41, 5.74) is 8.71. The molecule has 1 fully saturated rings. The van der Waals surface area contributed by atoms with Crippen molar-refractivity contribution in [1.82, 2.24) is 4.90 Å². The fourth-order valence-electron chi connectivity index (χ4n) is 4.04. The van der Waals surface area contributed by atoms with Crippen molar-refractivity contribution in [1.29, 1.82) is 0 Å². The average Bonchev–Trinajstić information content (AvgIpc) is 2.97. The number of piperidine rings is 1. The van der Waals surface area contributed by atoms with Crippen LogP contribution in [0.25, 0.3) is 0 Å². The van der Waals surface area contributed by atoms with Crippen LogP contribution in [0.3, 0.4) is 0 Å². The second-order valence-electron chi connectivity index (χ2n) is 6.98. The third kappa shape index (κ3) is 3.46. The van der Waals surface area contributed by atoms with E-state index in [2.05, 4.69) is 39.0 Å². The maximum atomic E-state index is 13.9. The van der Waals surface area contributed by atoms with Gasteiger partial charge in [0.05, 0.1) is 10.5 Å². The third-order valence-electron chi connectivity index (χ3n) is 5.25. The second-order valence-corrected chi connectivity index (χ2v) is 7.84. The Kier molecular flexibility index (Phi) is 4.80. The normalized spacial score (nSPS) is 26.4. The molecule has 2 aliphatic rings. The molecule has 0 bridgehead atoms. The quantitative estimate of drug-likeness (QED) is 0.837. The first kappa shape index (κ1) is 17.0. The van der Waals surface area contributed by atoms with E-state index in [0.29, 0.717) is 10.2 Å². The Morgan fingerprint density at radius 3 is 2.84 bits per heavy atom. The van der Waals surface area contributed by atoms with Gasteiger partial charge in [0.15, 0.2) is 0 Å². The minimum absolute atomic E-state index is 0.0953. The van der Waals surface area contributed by atoms with Crippen molar-refractivity contribution in [3.63, 3.8) is 0 Å². The van der Waals surface area contributed by atoms with Crippen LogP contribution in [0.4, 0.5) is 4.39 Å². The molecule has 1 aliphatic carbocycles. The number of fused-ring (bicyclic) bond motifs is 1. The summed E-state index contributed by atoms with van der Waals surface area (Å²) < 4.78 is 20.6. The van der Waals surface area contributed by atoms with E-state index in [0.717, 1.165) is 32.4 Å². The lowest BCUT2D eigenvalue weighted by molar-refractivity contribution is 0.0591. The second kappa shape index (κ2) is 7.06. The van der Waals surface area contributed by atoms with Crippen LogP contribution in [-0.2, 0) is 6.42 Å². The van der Waals surface area contributed by atoms with Gasteiger partial charge in [0, 0.05) is 18.7 Å². The molecule has 0 saturated carbocycles. The number of ether oxygens (including phenoxy) is 1. The van der Waals surface area contributed by atoms with Gasteiger partial charge in [-0.15, -0.1) is 0 Å². The molecule has 0 spiro atoms. The van der Waals surface area contributed by atoms with Crippen molar-refractivity contribution in [2.75, 3.05) is 13.1 Å². The standard InChI is InChI=1S/C20H22BrFN2O/c21-17-8-7-15(11-18(17)22)25-20-16-6-2-1-4-13(16)10-19(20)24-9-3-5-14(23)12-24/h1-2,4,6-8,11,14,19-20H,3,5,9-10,12,23H2/t14-,19-,20-/m1/s1. The molecular weight excluding hydrogens is 383 g/mol. The van der Waals surface area contributed by atoms with Crippen molar-refractivity contribution < 1.29 is 9.13 Å². The minimum Gasteiger partial charge on any atom is -0.484 e. The summed E-state index contributed by atoms with van der Waals surface area (Å²) in [4.78, 5) is 2.45. The largest absolute Gasteiger partial charge is 0.484 e. The predicted octanol–water partition coefficient (Wildman–Crippen LogP) is 4.06. The Labute approximate surface area is 156 Å². The number of rotatable bonds is 3. The maximum absolute atomic E-state index is 13.9. The fraction of sp³-hybridized carbons (Fsp3) is 0.400. The number of halogens is 2. The molecule has 3 atom stereocenters. The molecule has 0 aromatic heterocycles. The van der Waals surface area contributed by atoms with Gasteiger partial charge in [-0.25, -0.2) is 4.39 Å². The molecule has 0 amide bonds. The van der Waals surface area contributed by atoms with Crippen molar-refractivity contribution in [2.45, 2.75) is 37.5 Å². The monoisotopic (exact) mass is 404 g/mol. The van der Waals surface area contributed by atoms with Crippen LogP contribution in [0.5, 0.6) is 5.75 Å². The first-order chi connectivity index (χ1) is 12.1. The molecule has 4 rings (SSSR count). The molecule has 5 heteroatoms. The first-order valence-electron chi connectivity index (χ1n) is 8.81. The maximum Gasteiger partial charge on any atom is 0.141 e. The van der Waals surface area contributed by atoms with E-state index in [4.69, 9.17) is 10.5 Å². The highest BCUT2D eigenvalue weighted by atomic mass is 79.9. The molecule has 2 aromatic carbocycles. The molecule has 0 radical (unpaired) electrons. The molecule has 1 heterocycles. The van der Waals surface area contributed by atoms with Gasteiger partial charge in [-0.05, 0) is 65.0 Å². The summed E-state index contributed by atoms with van der Waals surface area (Å²) in [5.74, 6) is 0.258. The van der Waals surface area contributed by atoms with Gasteiger partial charge in [-0.1, -0.05) is 24.3 Å². The highest BCUT2D eigenvalue weighted by molar-refractivity contribution is 9.10. The number of hydrogen-bond donors (Lipinski definition) is 1. The lowest BCUT2D eigenvalue weighted by Crippen LogP contribution is -2.49. The van der Waals surface area contributed by atoms with Gasteiger partial charge in [0.2, 0.25) is 0 Å². The average molecular weight is 405 g/mol. The molecule has 3 nitrogen and oxygen atoms in total. The summed E-state index contributed by atoms with van der Waals surface area (Å²) in [6, 6.07) is 13.8. The van der Waals surface area contributed by atoms with E-state index in [1.165, 1.54) is 17.2 Å². The van der Waals surface area contributed by atoms with Crippen LogP contribution >= 0.6 is 15.9 Å². The van der Waals surface area contributed by atoms with E-state index >= 15 is 0 Å². The molecule has 0 unspecified atom stereocenters. The summed E-state index contributed by atoms with van der Waals surface area (Å²) in [6.07, 6.45) is 3.06. The smallest absolute Gasteiger partial charge is 0.141 e. The van der Waals surface area contributed by atoms with E-state index in [1.54, 1.807) is 6.07 Å². The molecule has 132 valence electrons. The van der Waals surface area contributed by atoms with Crippen molar-refractivity contribution in [3.8, 4) is 5.75 Å². The van der Waals surface area contributed by atoms with Gasteiger partial charge >= 0.3 is 0 Å². The Balaban J connectivity index is 1.63. The number of benzene rings is 2. The van der Waals surface area contributed by atoms with Crippen molar-refractivity contribution in [2.24, 2.45) is 5.73 Å². The lowest BCUT2D eigenvalue weighted by Gasteiger charge is -2.38. The zero-order chi connectivity index (χ0) is 17.4. The summed E-state index contributed by atoms with van der Waals surface area (Å²) in [7, 11) is 0. The van der Waals surface area contributed by atoms with Crippen LogP contribution in [0, 0.1) is 5.82 Å². The van der Waals surface area contributed by atoms with E-state index in [1.807, 2.05) is 12.1 Å². The van der Waals surface area contributed by atoms with E-state index in [-0.39, 0.29) is 24.0 Å². The highest BCUT2D eigenvalue weighted by Crippen LogP contribution is 2.39. The van der Waals surface area contributed by atoms with Gasteiger partial charge < -0.3 is 10.5 Å². The Morgan fingerprint density at radius 2 is 2.04 bits per heavy atom. The molecule has 1 aliphatic heterocycles. The zero-order valence-electron chi connectivity index (χ0n) is 14.0. The predicted molar refractivity (Wildman–Crippen MR) is 100 cm³/mol. The number of nitrogens with two attached hydrogens (primary N) is 1. The van der Waals surface area contributed by atoms with Crippen LogP contribution in [-0.4, -0.2) is 30.1 Å². The van der Waals surface area contributed by atoms with Crippen molar-refractivity contribution >= 4 is 15.9 Å². The lowest BCUT2D eigenvalue weighted by atomic mass is 10.0. The van der Waals surface area contributed by atoms with E-state index in [9.17, 15) is 4.39 Å². The van der Waals surface area contributed by atoms with Gasteiger partial charge in [-0.3, -0.25) is 4.90 Å². The van der Waals surface area contributed by atoms with Gasteiger partial charge in [0.1, 0.15) is 17.7 Å². The van der Waals surface area contributed by atoms with Gasteiger partial charge in [0.25, 0.3) is 0 Å². The molecule has 1 saturated heterocycles.